The molecule has 0 saturated carbocycles. The topological polar surface area (TPSA) is 78.9 Å². The fourth-order valence-electron chi connectivity index (χ4n) is 6.27. The lowest BCUT2D eigenvalue weighted by atomic mass is 10.0. The van der Waals surface area contributed by atoms with Crippen molar-refractivity contribution >= 4 is 17.9 Å². The summed E-state index contributed by atoms with van der Waals surface area (Å²) in [6, 6.07) is 0. The zero-order valence-corrected chi connectivity index (χ0v) is 37.1. The largest absolute Gasteiger partial charge is 0.462 e. The molecular formula is C51H86O6. The fourth-order valence-corrected chi connectivity index (χ4v) is 6.27. The molecule has 57 heavy (non-hydrogen) atoms. The molecule has 0 saturated heterocycles. The smallest absolute Gasteiger partial charge is 0.306 e. The number of carbonyl (C=O) groups is 3. The summed E-state index contributed by atoms with van der Waals surface area (Å²) in [5, 5.41) is 0. The minimum Gasteiger partial charge on any atom is -0.462 e. The number of hydrogen-bond donors (Lipinski definition) is 0. The minimum absolute atomic E-state index is 0.110. The second kappa shape index (κ2) is 45.6. The molecule has 0 aromatic carbocycles. The molecule has 0 spiro atoms. The van der Waals surface area contributed by atoms with E-state index in [-0.39, 0.29) is 37.5 Å². The van der Waals surface area contributed by atoms with Crippen molar-refractivity contribution in [2.45, 2.75) is 219 Å². The number of unbranched alkanes of at least 4 members (excludes halogenated alkanes) is 21. The van der Waals surface area contributed by atoms with Crippen LogP contribution in [-0.2, 0) is 28.6 Å². The van der Waals surface area contributed by atoms with E-state index < -0.39 is 6.10 Å². The van der Waals surface area contributed by atoms with Gasteiger partial charge in [0, 0.05) is 19.3 Å². The van der Waals surface area contributed by atoms with E-state index >= 15 is 0 Å². The van der Waals surface area contributed by atoms with Crippen molar-refractivity contribution < 1.29 is 28.6 Å². The minimum atomic E-state index is -0.818. The third kappa shape index (κ3) is 43.8. The molecule has 6 heteroatoms. The third-order valence-corrected chi connectivity index (χ3v) is 9.80. The number of rotatable bonds is 41. The van der Waals surface area contributed by atoms with Crippen LogP contribution in [0.1, 0.15) is 213 Å². The van der Waals surface area contributed by atoms with Crippen molar-refractivity contribution in [1.29, 1.82) is 0 Å². The molecule has 0 amide bonds. The van der Waals surface area contributed by atoms with Gasteiger partial charge < -0.3 is 14.2 Å². The van der Waals surface area contributed by atoms with Gasteiger partial charge >= 0.3 is 17.9 Å². The van der Waals surface area contributed by atoms with Gasteiger partial charge in [-0.05, 0) is 57.8 Å². The number of carbonyl (C=O) groups excluding carboxylic acids is 3. The Bertz CT molecular complexity index is 1100. The molecular weight excluding hydrogens is 709 g/mol. The fraction of sp³-hybridized carbons (Fsp3) is 0.706. The number of esters is 3. The van der Waals surface area contributed by atoms with E-state index in [4.69, 9.17) is 14.2 Å². The Hall–Kier alpha value is -3.15. The molecule has 0 aromatic rings. The monoisotopic (exact) mass is 795 g/mol. The highest BCUT2D eigenvalue weighted by atomic mass is 16.6. The predicted molar refractivity (Wildman–Crippen MR) is 242 cm³/mol. The molecule has 0 fully saturated rings. The van der Waals surface area contributed by atoms with Crippen molar-refractivity contribution in [2.24, 2.45) is 0 Å². The number of hydrogen-bond acceptors (Lipinski definition) is 6. The summed E-state index contributed by atoms with van der Waals surface area (Å²) in [6.07, 6.45) is 56.1. The Morgan fingerprint density at radius 1 is 0.386 bits per heavy atom. The van der Waals surface area contributed by atoms with E-state index in [9.17, 15) is 14.4 Å². The van der Waals surface area contributed by atoms with E-state index in [2.05, 4.69) is 51.2 Å². The van der Waals surface area contributed by atoms with E-state index in [1.54, 1.807) is 0 Å². The van der Waals surface area contributed by atoms with Crippen LogP contribution in [0.3, 0.4) is 0 Å². The Balaban J connectivity index is 4.51. The molecule has 0 aliphatic heterocycles. The molecule has 0 N–H and O–H groups in total. The molecule has 1 atom stereocenters. The van der Waals surface area contributed by atoms with Gasteiger partial charge in [-0.15, -0.1) is 0 Å². The summed E-state index contributed by atoms with van der Waals surface area (Å²) in [4.78, 5) is 37.7. The summed E-state index contributed by atoms with van der Waals surface area (Å²) in [7, 11) is 0. The van der Waals surface area contributed by atoms with Gasteiger partial charge in [0.2, 0.25) is 0 Å². The van der Waals surface area contributed by atoms with Crippen LogP contribution in [0.25, 0.3) is 0 Å². The SMILES string of the molecule is CC\C=C/C=C\C=C/C=C\CCCCCC(=O)OCC(COC(=O)CCCCCCCCCCCCCCC)OC(=O)CC/C=C\C/C=C\CCCCCCCC. The van der Waals surface area contributed by atoms with Crippen LogP contribution in [0.2, 0.25) is 0 Å². The Labute approximate surface area is 351 Å². The highest BCUT2D eigenvalue weighted by Gasteiger charge is 2.19. The molecule has 0 rings (SSSR count). The van der Waals surface area contributed by atoms with E-state index in [1.165, 1.54) is 103 Å². The molecule has 0 aromatic heterocycles. The van der Waals surface area contributed by atoms with Crippen LogP contribution in [0.15, 0.2) is 72.9 Å². The van der Waals surface area contributed by atoms with Gasteiger partial charge in [0.05, 0.1) is 0 Å². The maximum absolute atomic E-state index is 12.7. The lowest BCUT2D eigenvalue weighted by Gasteiger charge is -2.18. The predicted octanol–water partition coefficient (Wildman–Crippen LogP) is 15.1. The average Bonchev–Trinajstić information content (AvgIpc) is 3.21. The lowest BCUT2D eigenvalue weighted by molar-refractivity contribution is -0.166. The first-order valence-corrected chi connectivity index (χ1v) is 23.5. The lowest BCUT2D eigenvalue weighted by Crippen LogP contribution is -2.30. The molecule has 326 valence electrons. The van der Waals surface area contributed by atoms with Crippen molar-refractivity contribution in [1.82, 2.24) is 0 Å². The summed E-state index contributed by atoms with van der Waals surface area (Å²) in [6.45, 7) is 6.39. The average molecular weight is 795 g/mol. The summed E-state index contributed by atoms with van der Waals surface area (Å²) in [5.74, 6) is -1.02. The van der Waals surface area contributed by atoms with Crippen LogP contribution >= 0.6 is 0 Å². The van der Waals surface area contributed by atoms with Crippen molar-refractivity contribution in [2.75, 3.05) is 13.2 Å². The quantitative estimate of drug-likeness (QED) is 0.0202. The highest BCUT2D eigenvalue weighted by Crippen LogP contribution is 2.14. The Kier molecular flexibility index (Phi) is 43.0. The van der Waals surface area contributed by atoms with Crippen LogP contribution in [0, 0.1) is 0 Å². The molecule has 0 aliphatic rings. The molecule has 1 unspecified atom stereocenters. The first-order valence-electron chi connectivity index (χ1n) is 23.5. The van der Waals surface area contributed by atoms with Crippen LogP contribution < -0.4 is 0 Å². The van der Waals surface area contributed by atoms with Gasteiger partial charge in [-0.2, -0.15) is 0 Å². The third-order valence-electron chi connectivity index (χ3n) is 9.80. The van der Waals surface area contributed by atoms with Gasteiger partial charge in [-0.3, -0.25) is 14.4 Å². The van der Waals surface area contributed by atoms with E-state index in [0.717, 1.165) is 64.2 Å². The van der Waals surface area contributed by atoms with Gasteiger partial charge in [0.25, 0.3) is 0 Å². The van der Waals surface area contributed by atoms with Gasteiger partial charge in [0.1, 0.15) is 13.2 Å². The zero-order valence-electron chi connectivity index (χ0n) is 37.1. The Morgan fingerprint density at radius 3 is 1.30 bits per heavy atom. The van der Waals surface area contributed by atoms with E-state index in [0.29, 0.717) is 19.3 Å². The summed E-state index contributed by atoms with van der Waals surface area (Å²) >= 11 is 0. The van der Waals surface area contributed by atoms with Crippen LogP contribution in [-0.4, -0.2) is 37.2 Å². The van der Waals surface area contributed by atoms with E-state index in [1.807, 2.05) is 42.5 Å². The van der Waals surface area contributed by atoms with Crippen molar-refractivity contribution in [3.8, 4) is 0 Å². The molecule has 6 nitrogen and oxygen atoms in total. The van der Waals surface area contributed by atoms with Gasteiger partial charge in [-0.25, -0.2) is 0 Å². The zero-order chi connectivity index (χ0) is 41.5. The summed E-state index contributed by atoms with van der Waals surface area (Å²) in [5.41, 5.74) is 0. The normalized spacial score (nSPS) is 12.7. The van der Waals surface area contributed by atoms with Crippen LogP contribution in [0.4, 0.5) is 0 Å². The van der Waals surface area contributed by atoms with Gasteiger partial charge in [-0.1, -0.05) is 209 Å². The standard InChI is InChI=1S/C51H86O6/c1-4-7-10-13-16-19-22-25-28-31-34-37-40-43-49(52)55-46-48(57-51(54)45-42-39-36-33-30-27-24-21-18-15-12-9-6-3)47-56-50(53)44-41-38-35-32-29-26-23-20-17-14-11-8-5-2/h7,10,13,16,19,22,25,27-28,30,36,39,48H,4-6,8-9,11-12,14-15,17-18,20-21,23-24,26,29,31-35,37-38,40-47H2,1-3H3/b10-7-,16-13-,22-19-,28-25-,30-27-,39-36-. The van der Waals surface area contributed by atoms with Crippen molar-refractivity contribution in [3.05, 3.63) is 72.9 Å². The summed E-state index contributed by atoms with van der Waals surface area (Å²) < 4.78 is 16.6. The first-order chi connectivity index (χ1) is 28.0. The molecule has 0 bridgehead atoms. The Morgan fingerprint density at radius 2 is 0.789 bits per heavy atom. The molecule has 0 radical (unpaired) electrons. The van der Waals surface area contributed by atoms with Crippen molar-refractivity contribution in [3.63, 3.8) is 0 Å². The highest BCUT2D eigenvalue weighted by molar-refractivity contribution is 5.71. The molecule has 0 aliphatic carbocycles. The maximum Gasteiger partial charge on any atom is 0.306 e. The van der Waals surface area contributed by atoms with Crippen LogP contribution in [0.5, 0.6) is 0 Å². The second-order valence-electron chi connectivity index (χ2n) is 15.4. The number of ether oxygens (including phenoxy) is 3. The molecule has 0 heterocycles. The number of allylic oxidation sites excluding steroid dienone is 12. The second-order valence-corrected chi connectivity index (χ2v) is 15.4. The maximum atomic E-state index is 12.7. The first kappa shape index (κ1) is 53.9. The van der Waals surface area contributed by atoms with Gasteiger partial charge in [0.15, 0.2) is 6.10 Å².